The Morgan fingerprint density at radius 3 is 2.02 bits per heavy atom. The summed E-state index contributed by atoms with van der Waals surface area (Å²) >= 11 is 0. The Morgan fingerprint density at radius 1 is 0.540 bits per heavy atom. The van der Waals surface area contributed by atoms with Crippen molar-refractivity contribution >= 4 is 60.9 Å². The van der Waals surface area contributed by atoms with Gasteiger partial charge in [0, 0.05) is 44.5 Å². The van der Waals surface area contributed by atoms with Crippen molar-refractivity contribution in [3.05, 3.63) is 138 Å². The normalized spacial score (nSPS) is 14.2. The van der Waals surface area contributed by atoms with Gasteiger partial charge in [0.05, 0.1) is 16.8 Å². The van der Waals surface area contributed by atoms with Crippen LogP contribution in [0, 0.1) is 0 Å². The minimum atomic E-state index is -0.131. The van der Waals surface area contributed by atoms with E-state index in [2.05, 4.69) is 163 Å². The van der Waals surface area contributed by atoms with E-state index in [0.717, 1.165) is 60.9 Å². The van der Waals surface area contributed by atoms with E-state index in [1.165, 1.54) is 33.4 Å². The second-order valence-corrected chi connectivity index (χ2v) is 16.6. The van der Waals surface area contributed by atoms with Gasteiger partial charge in [0.25, 0.3) is 0 Å². The molecule has 3 heteroatoms. The Bertz CT molecular complexity index is 2650. The summed E-state index contributed by atoms with van der Waals surface area (Å²) in [6.45, 7) is 18.4. The van der Waals surface area contributed by atoms with Crippen molar-refractivity contribution in [2.75, 3.05) is 4.90 Å². The summed E-state index contributed by atoms with van der Waals surface area (Å²) in [6, 6.07) is 41.9. The first-order valence-electron chi connectivity index (χ1n) is 17.8. The SMILES string of the molecule is CC(C)(C)c1cc(C(C)(C)C)c2oc3cccc(N(c4ccc5c(c4)oc4ccccc45)c4cccc5c4-c4ccccc4C5(C)C)c3c2c1. The third-order valence-electron chi connectivity index (χ3n) is 10.9. The number of anilines is 3. The van der Waals surface area contributed by atoms with Gasteiger partial charge in [-0.25, -0.2) is 0 Å². The summed E-state index contributed by atoms with van der Waals surface area (Å²) in [4.78, 5) is 2.45. The van der Waals surface area contributed by atoms with Gasteiger partial charge in [-0.2, -0.15) is 0 Å². The molecule has 1 aliphatic rings. The lowest BCUT2D eigenvalue weighted by Crippen LogP contribution is -2.16. The van der Waals surface area contributed by atoms with Crippen molar-refractivity contribution in [3.63, 3.8) is 0 Å². The molecule has 2 heterocycles. The fourth-order valence-electron chi connectivity index (χ4n) is 8.27. The number of rotatable bonds is 3. The third-order valence-corrected chi connectivity index (χ3v) is 10.9. The molecule has 0 fully saturated rings. The molecule has 0 radical (unpaired) electrons. The number of hydrogen-bond acceptors (Lipinski definition) is 3. The average Bonchev–Trinajstić information content (AvgIpc) is 3.72. The van der Waals surface area contributed by atoms with Crippen LogP contribution in [0.4, 0.5) is 17.1 Å². The standard InChI is InChI=1S/C47H43NO2/c1-45(2,3)28-25-33-43-38(20-14-22-40(43)50-44(33)36(26-28)46(4,5)6)48(29-23-24-31-30-15-10-12-21-39(30)49-41(31)27-29)37-19-13-18-35-42(37)32-16-9-11-17-34(32)47(35,7)8/h9-27H,1-8H3. The number of para-hydroxylation sites is 1. The molecule has 0 saturated heterocycles. The Hall–Kier alpha value is -5.28. The molecule has 3 nitrogen and oxygen atoms in total. The van der Waals surface area contributed by atoms with E-state index >= 15 is 0 Å². The molecule has 0 spiro atoms. The Morgan fingerprint density at radius 2 is 1.22 bits per heavy atom. The molecular formula is C47H43NO2. The van der Waals surface area contributed by atoms with Crippen molar-refractivity contribution in [2.45, 2.75) is 71.6 Å². The van der Waals surface area contributed by atoms with Crippen LogP contribution in [0.5, 0.6) is 0 Å². The van der Waals surface area contributed by atoms with E-state index in [1.54, 1.807) is 0 Å². The fourth-order valence-corrected chi connectivity index (χ4v) is 8.27. The topological polar surface area (TPSA) is 29.5 Å². The van der Waals surface area contributed by atoms with Crippen LogP contribution >= 0.6 is 0 Å². The predicted molar refractivity (Wildman–Crippen MR) is 211 cm³/mol. The first-order valence-corrected chi connectivity index (χ1v) is 17.8. The van der Waals surface area contributed by atoms with Crippen LogP contribution in [-0.2, 0) is 16.2 Å². The zero-order valence-corrected chi connectivity index (χ0v) is 30.2. The highest BCUT2D eigenvalue weighted by molar-refractivity contribution is 6.15. The summed E-state index contributed by atoms with van der Waals surface area (Å²) < 4.78 is 13.4. The van der Waals surface area contributed by atoms with E-state index in [1.807, 2.05) is 12.1 Å². The number of hydrogen-bond donors (Lipinski definition) is 0. The van der Waals surface area contributed by atoms with Gasteiger partial charge in [0.2, 0.25) is 0 Å². The van der Waals surface area contributed by atoms with Gasteiger partial charge in [-0.3, -0.25) is 0 Å². The largest absolute Gasteiger partial charge is 0.456 e. The van der Waals surface area contributed by atoms with Crippen molar-refractivity contribution in [1.29, 1.82) is 0 Å². The van der Waals surface area contributed by atoms with Crippen molar-refractivity contribution in [3.8, 4) is 11.1 Å². The lowest BCUT2D eigenvalue weighted by atomic mass is 9.79. The number of benzene rings is 6. The molecular weight excluding hydrogens is 611 g/mol. The number of nitrogens with zero attached hydrogens (tertiary/aromatic N) is 1. The summed E-state index contributed by atoms with van der Waals surface area (Å²) in [5.41, 5.74) is 14.4. The van der Waals surface area contributed by atoms with Crippen LogP contribution in [0.25, 0.3) is 55.0 Å². The molecule has 9 rings (SSSR count). The van der Waals surface area contributed by atoms with Crippen molar-refractivity contribution < 1.29 is 8.83 Å². The summed E-state index contributed by atoms with van der Waals surface area (Å²) in [5.74, 6) is 0. The summed E-state index contributed by atoms with van der Waals surface area (Å²) in [7, 11) is 0. The highest BCUT2D eigenvalue weighted by Crippen LogP contribution is 2.55. The van der Waals surface area contributed by atoms with E-state index in [4.69, 9.17) is 8.83 Å². The predicted octanol–water partition coefficient (Wildman–Crippen LogP) is 13.9. The van der Waals surface area contributed by atoms with Gasteiger partial charge in [0.15, 0.2) is 0 Å². The molecule has 248 valence electrons. The van der Waals surface area contributed by atoms with Gasteiger partial charge in [0.1, 0.15) is 22.3 Å². The van der Waals surface area contributed by atoms with Gasteiger partial charge < -0.3 is 13.7 Å². The molecule has 0 aliphatic heterocycles. The van der Waals surface area contributed by atoms with Crippen molar-refractivity contribution in [1.82, 2.24) is 0 Å². The van der Waals surface area contributed by atoms with Crippen LogP contribution < -0.4 is 4.90 Å². The molecule has 2 aromatic heterocycles. The van der Waals surface area contributed by atoms with E-state index < -0.39 is 0 Å². The highest BCUT2D eigenvalue weighted by Gasteiger charge is 2.38. The maximum atomic E-state index is 6.89. The van der Waals surface area contributed by atoms with Gasteiger partial charge >= 0.3 is 0 Å². The highest BCUT2D eigenvalue weighted by atomic mass is 16.3. The van der Waals surface area contributed by atoms with Crippen molar-refractivity contribution in [2.24, 2.45) is 0 Å². The van der Waals surface area contributed by atoms with Crippen LogP contribution in [0.15, 0.2) is 124 Å². The monoisotopic (exact) mass is 653 g/mol. The Kier molecular flexibility index (Phi) is 6.38. The van der Waals surface area contributed by atoms with Crippen LogP contribution in [0.3, 0.4) is 0 Å². The van der Waals surface area contributed by atoms with Gasteiger partial charge in [-0.1, -0.05) is 122 Å². The summed E-state index contributed by atoms with van der Waals surface area (Å²) in [5, 5.41) is 4.51. The zero-order chi connectivity index (χ0) is 34.7. The molecule has 0 unspecified atom stereocenters. The minimum Gasteiger partial charge on any atom is -0.456 e. The quantitative estimate of drug-likeness (QED) is 0.190. The Balaban J connectivity index is 1.41. The first-order chi connectivity index (χ1) is 23.8. The molecule has 0 saturated carbocycles. The maximum Gasteiger partial charge on any atom is 0.139 e. The Labute approximate surface area is 294 Å². The van der Waals surface area contributed by atoms with Gasteiger partial charge in [-0.05, 0) is 75.5 Å². The molecule has 8 aromatic rings. The molecule has 0 N–H and O–H groups in total. The molecule has 0 atom stereocenters. The van der Waals surface area contributed by atoms with Gasteiger partial charge in [-0.15, -0.1) is 0 Å². The maximum absolute atomic E-state index is 6.89. The smallest absolute Gasteiger partial charge is 0.139 e. The zero-order valence-electron chi connectivity index (χ0n) is 30.2. The molecule has 0 bridgehead atoms. The fraction of sp³-hybridized carbons (Fsp3) is 0.234. The molecule has 50 heavy (non-hydrogen) atoms. The van der Waals surface area contributed by atoms with Crippen LogP contribution in [0.2, 0.25) is 0 Å². The molecule has 0 amide bonds. The third kappa shape index (κ3) is 4.42. The second kappa shape index (κ2) is 10.4. The minimum absolute atomic E-state index is 0.0334. The van der Waals surface area contributed by atoms with Crippen LogP contribution in [0.1, 0.15) is 77.6 Å². The summed E-state index contributed by atoms with van der Waals surface area (Å²) in [6.07, 6.45) is 0. The molecule has 1 aliphatic carbocycles. The first kappa shape index (κ1) is 30.8. The number of fused-ring (bicyclic) bond motifs is 9. The number of furan rings is 2. The second-order valence-electron chi connectivity index (χ2n) is 16.6. The van der Waals surface area contributed by atoms with E-state index in [9.17, 15) is 0 Å². The van der Waals surface area contributed by atoms with E-state index in [-0.39, 0.29) is 16.2 Å². The van der Waals surface area contributed by atoms with E-state index in [0.29, 0.717) is 0 Å². The lowest BCUT2D eigenvalue weighted by Gasteiger charge is -2.29. The van der Waals surface area contributed by atoms with Crippen LogP contribution in [-0.4, -0.2) is 0 Å². The lowest BCUT2D eigenvalue weighted by molar-refractivity contribution is 0.559. The molecule has 6 aromatic carbocycles. The average molecular weight is 654 g/mol.